The summed E-state index contributed by atoms with van der Waals surface area (Å²) >= 11 is 0. The van der Waals surface area contributed by atoms with Gasteiger partial charge in [0.15, 0.2) is 5.69 Å². The van der Waals surface area contributed by atoms with Gasteiger partial charge in [-0.15, -0.1) is 0 Å². The van der Waals surface area contributed by atoms with Crippen molar-refractivity contribution < 1.29 is 23.6 Å². The molecule has 0 aromatic carbocycles. The third kappa shape index (κ3) is 2.37. The molecule has 1 rings (SSSR count). The van der Waals surface area contributed by atoms with Gasteiger partial charge in [-0.1, -0.05) is 6.92 Å². The van der Waals surface area contributed by atoms with Crippen LogP contribution < -0.4 is 0 Å². The van der Waals surface area contributed by atoms with Crippen molar-refractivity contribution in [2.24, 2.45) is 0 Å². The topological polar surface area (TPSA) is 98.3 Å². The van der Waals surface area contributed by atoms with E-state index in [0.29, 0.717) is 10.9 Å². The predicted octanol–water partition coefficient (Wildman–Crippen LogP) is 1.76. The summed E-state index contributed by atoms with van der Waals surface area (Å²) in [7, 11) is 0. The second-order valence-corrected chi connectivity index (χ2v) is 3.18. The first-order chi connectivity index (χ1) is 7.90. The second-order valence-electron chi connectivity index (χ2n) is 3.18. The van der Waals surface area contributed by atoms with Gasteiger partial charge in [0, 0.05) is 0 Å². The number of nitro groups is 1. The second kappa shape index (κ2) is 4.85. The van der Waals surface area contributed by atoms with E-state index in [-0.39, 0.29) is 6.42 Å². The summed E-state index contributed by atoms with van der Waals surface area (Å²) in [5.41, 5.74) is -1.86. The van der Waals surface area contributed by atoms with E-state index in [2.05, 4.69) is 5.10 Å². The number of halogens is 2. The molecule has 9 heteroatoms. The Morgan fingerprint density at radius 3 is 2.65 bits per heavy atom. The van der Waals surface area contributed by atoms with Crippen LogP contribution in [-0.4, -0.2) is 25.8 Å². The summed E-state index contributed by atoms with van der Waals surface area (Å²) in [6.45, 7) is 1.46. The highest BCUT2D eigenvalue weighted by Crippen LogP contribution is 2.31. The molecule has 1 aromatic heterocycles. The van der Waals surface area contributed by atoms with Gasteiger partial charge in [-0.25, -0.2) is 18.3 Å². The average molecular weight is 249 g/mol. The minimum Gasteiger partial charge on any atom is -0.480 e. The molecule has 94 valence electrons. The van der Waals surface area contributed by atoms with Crippen LogP contribution in [0.3, 0.4) is 0 Å². The van der Waals surface area contributed by atoms with E-state index in [1.807, 2.05) is 0 Å². The zero-order valence-electron chi connectivity index (χ0n) is 8.71. The molecule has 1 aromatic rings. The molecule has 0 aliphatic rings. The summed E-state index contributed by atoms with van der Waals surface area (Å²) in [4.78, 5) is 20.3. The molecule has 0 unspecified atom stereocenters. The molecule has 1 atom stereocenters. The number of aromatic nitrogens is 2. The Balaban J connectivity index is 3.34. The Morgan fingerprint density at radius 2 is 2.29 bits per heavy atom. The molecule has 0 aliphatic carbocycles. The molecular formula is C8H9F2N3O4. The van der Waals surface area contributed by atoms with E-state index in [1.165, 1.54) is 6.92 Å². The molecule has 0 saturated heterocycles. The van der Waals surface area contributed by atoms with Gasteiger partial charge in [-0.05, 0) is 6.42 Å². The summed E-state index contributed by atoms with van der Waals surface area (Å²) in [5.74, 6) is -1.37. The van der Waals surface area contributed by atoms with Crippen molar-refractivity contribution in [3.05, 3.63) is 22.0 Å². The van der Waals surface area contributed by atoms with Crippen LogP contribution in [0.15, 0.2) is 6.20 Å². The SMILES string of the molecule is CC[C@H](C(=O)O)n1ncc([N+](=O)[O-])c1C(F)F. The Morgan fingerprint density at radius 1 is 1.71 bits per heavy atom. The molecule has 0 radical (unpaired) electrons. The van der Waals surface area contributed by atoms with Gasteiger partial charge in [-0.2, -0.15) is 5.10 Å². The number of alkyl halides is 2. The maximum atomic E-state index is 12.7. The van der Waals surface area contributed by atoms with E-state index < -0.39 is 34.7 Å². The molecular weight excluding hydrogens is 240 g/mol. The Labute approximate surface area is 93.8 Å². The molecule has 0 amide bonds. The van der Waals surface area contributed by atoms with Gasteiger partial charge in [0.25, 0.3) is 6.43 Å². The highest BCUT2D eigenvalue weighted by molar-refractivity contribution is 5.72. The van der Waals surface area contributed by atoms with Crippen LogP contribution in [0.5, 0.6) is 0 Å². The molecule has 1 heterocycles. The number of hydrogen-bond donors (Lipinski definition) is 1. The number of aliphatic carboxylic acids is 1. The van der Waals surface area contributed by atoms with Crippen LogP contribution in [0.25, 0.3) is 0 Å². The zero-order valence-corrected chi connectivity index (χ0v) is 8.71. The third-order valence-corrected chi connectivity index (χ3v) is 2.18. The number of carboxylic acid groups (broad SMARTS) is 1. The van der Waals surface area contributed by atoms with Gasteiger partial charge in [0.1, 0.15) is 12.2 Å². The van der Waals surface area contributed by atoms with Gasteiger partial charge in [0.05, 0.1) is 4.92 Å². The lowest BCUT2D eigenvalue weighted by Crippen LogP contribution is -2.21. The maximum absolute atomic E-state index is 12.7. The molecule has 0 bridgehead atoms. The first-order valence-electron chi connectivity index (χ1n) is 4.62. The van der Waals surface area contributed by atoms with Crippen LogP contribution in [0.1, 0.15) is 31.5 Å². The lowest BCUT2D eigenvalue weighted by atomic mass is 10.2. The number of carbonyl (C=O) groups is 1. The van der Waals surface area contributed by atoms with Crippen molar-refractivity contribution in [2.75, 3.05) is 0 Å². The molecule has 17 heavy (non-hydrogen) atoms. The lowest BCUT2D eigenvalue weighted by Gasteiger charge is -2.12. The lowest BCUT2D eigenvalue weighted by molar-refractivity contribution is -0.386. The standard InChI is InChI=1S/C8H9F2N3O4/c1-2-4(8(14)15)12-6(7(9)10)5(3-11-12)13(16)17/h3-4,7H,2H2,1H3,(H,14,15)/t4-/m1/s1. The smallest absolute Gasteiger partial charge is 0.328 e. The Bertz CT molecular complexity index is 446. The van der Waals surface area contributed by atoms with Gasteiger partial charge < -0.3 is 5.11 Å². The van der Waals surface area contributed by atoms with Crippen LogP contribution in [-0.2, 0) is 4.79 Å². The normalized spacial score (nSPS) is 12.7. The van der Waals surface area contributed by atoms with Crippen LogP contribution in [0.4, 0.5) is 14.5 Å². The number of rotatable bonds is 5. The summed E-state index contributed by atoms with van der Waals surface area (Å²) in [5, 5.41) is 22.7. The van der Waals surface area contributed by atoms with Gasteiger partial charge in [-0.3, -0.25) is 10.1 Å². The van der Waals surface area contributed by atoms with Crippen LogP contribution >= 0.6 is 0 Å². The zero-order chi connectivity index (χ0) is 13.2. The minimum atomic E-state index is -3.16. The molecule has 0 fully saturated rings. The first kappa shape index (κ1) is 13.0. The van der Waals surface area contributed by atoms with Gasteiger partial charge in [0.2, 0.25) is 0 Å². The van der Waals surface area contributed by atoms with Crippen molar-refractivity contribution in [2.45, 2.75) is 25.8 Å². The number of nitrogens with zero attached hydrogens (tertiary/aromatic N) is 3. The van der Waals surface area contributed by atoms with Crippen molar-refractivity contribution in [3.63, 3.8) is 0 Å². The van der Waals surface area contributed by atoms with E-state index in [4.69, 9.17) is 5.11 Å². The monoisotopic (exact) mass is 249 g/mol. The minimum absolute atomic E-state index is 0.00606. The highest BCUT2D eigenvalue weighted by atomic mass is 19.3. The highest BCUT2D eigenvalue weighted by Gasteiger charge is 2.33. The molecule has 0 spiro atoms. The Kier molecular flexibility index (Phi) is 3.71. The van der Waals surface area contributed by atoms with E-state index >= 15 is 0 Å². The molecule has 7 nitrogen and oxygen atoms in total. The van der Waals surface area contributed by atoms with Crippen molar-refractivity contribution in [3.8, 4) is 0 Å². The van der Waals surface area contributed by atoms with Crippen LogP contribution in [0, 0.1) is 10.1 Å². The van der Waals surface area contributed by atoms with E-state index in [1.54, 1.807) is 0 Å². The summed E-state index contributed by atoms with van der Waals surface area (Å²) < 4.78 is 25.9. The number of carboxylic acids is 1. The number of hydrogen-bond acceptors (Lipinski definition) is 4. The first-order valence-corrected chi connectivity index (χ1v) is 4.62. The fourth-order valence-electron chi connectivity index (χ4n) is 1.42. The fraction of sp³-hybridized carbons (Fsp3) is 0.500. The van der Waals surface area contributed by atoms with Crippen LogP contribution in [0.2, 0.25) is 0 Å². The largest absolute Gasteiger partial charge is 0.480 e. The summed E-state index contributed by atoms with van der Waals surface area (Å²) in [6, 6.07) is -1.34. The average Bonchev–Trinajstić information content (AvgIpc) is 2.62. The van der Waals surface area contributed by atoms with E-state index in [9.17, 15) is 23.7 Å². The van der Waals surface area contributed by atoms with Crippen molar-refractivity contribution in [1.82, 2.24) is 9.78 Å². The van der Waals surface area contributed by atoms with Gasteiger partial charge >= 0.3 is 11.7 Å². The molecule has 1 N–H and O–H groups in total. The predicted molar refractivity (Wildman–Crippen MR) is 50.8 cm³/mol. The quantitative estimate of drug-likeness (QED) is 0.633. The molecule has 0 aliphatic heterocycles. The van der Waals surface area contributed by atoms with E-state index in [0.717, 1.165) is 0 Å². The maximum Gasteiger partial charge on any atom is 0.328 e. The Hall–Kier alpha value is -2.06. The third-order valence-electron chi connectivity index (χ3n) is 2.18. The summed E-state index contributed by atoms with van der Waals surface area (Å²) in [6.07, 6.45) is -2.53. The van der Waals surface area contributed by atoms with Crippen molar-refractivity contribution in [1.29, 1.82) is 0 Å². The fourth-order valence-corrected chi connectivity index (χ4v) is 1.42. The van der Waals surface area contributed by atoms with Crippen molar-refractivity contribution >= 4 is 11.7 Å². The molecule has 0 saturated carbocycles.